The van der Waals surface area contributed by atoms with E-state index in [1.165, 1.54) is 25.3 Å². The van der Waals surface area contributed by atoms with Gasteiger partial charge in [0.05, 0.1) is 17.1 Å². The number of carbonyl (C=O) groups is 2. The van der Waals surface area contributed by atoms with Gasteiger partial charge in [0.2, 0.25) is 0 Å². The maximum absolute atomic E-state index is 13.0. The van der Waals surface area contributed by atoms with Gasteiger partial charge in [-0.05, 0) is 64.8 Å². The summed E-state index contributed by atoms with van der Waals surface area (Å²) in [6, 6.07) is 8.73. The lowest BCUT2D eigenvalue weighted by Gasteiger charge is -2.11. The first-order valence-electron chi connectivity index (χ1n) is 6.97. The Morgan fingerprint density at radius 2 is 1.96 bits per heavy atom. The summed E-state index contributed by atoms with van der Waals surface area (Å²) in [6.45, 7) is 1.53. The van der Waals surface area contributed by atoms with Crippen LogP contribution >= 0.6 is 15.9 Å². The van der Waals surface area contributed by atoms with Crippen molar-refractivity contribution in [1.82, 2.24) is 0 Å². The molecule has 0 unspecified atom stereocenters. The second-order valence-electron chi connectivity index (χ2n) is 4.93. The van der Waals surface area contributed by atoms with E-state index in [2.05, 4.69) is 26.0 Å². The van der Waals surface area contributed by atoms with E-state index in [0.29, 0.717) is 27.0 Å². The lowest BCUT2D eigenvalue weighted by Crippen LogP contribution is -2.21. The Labute approximate surface area is 146 Å². The van der Waals surface area contributed by atoms with Crippen molar-refractivity contribution >= 4 is 33.5 Å². The average Bonchev–Trinajstić information content (AvgIpc) is 2.55. The summed E-state index contributed by atoms with van der Waals surface area (Å²) < 4.78 is 23.4. The smallest absolute Gasteiger partial charge is 0.337 e. The average molecular weight is 396 g/mol. The van der Waals surface area contributed by atoms with E-state index in [9.17, 15) is 14.0 Å². The Kier molecular flexibility index (Phi) is 5.92. The van der Waals surface area contributed by atoms with Crippen LogP contribution in [0.1, 0.15) is 15.9 Å². The van der Waals surface area contributed by atoms with Gasteiger partial charge in [0.25, 0.3) is 5.91 Å². The Morgan fingerprint density at radius 1 is 1.21 bits per heavy atom. The number of halogens is 2. The van der Waals surface area contributed by atoms with Gasteiger partial charge in [-0.15, -0.1) is 0 Å². The van der Waals surface area contributed by atoms with Crippen molar-refractivity contribution in [2.75, 3.05) is 19.0 Å². The zero-order valence-electron chi connectivity index (χ0n) is 13.1. The molecule has 0 bridgehead atoms. The van der Waals surface area contributed by atoms with Crippen LogP contribution in [0.5, 0.6) is 5.75 Å². The van der Waals surface area contributed by atoms with E-state index in [0.717, 1.165) is 0 Å². The third-order valence-electron chi connectivity index (χ3n) is 3.17. The van der Waals surface area contributed by atoms with Crippen molar-refractivity contribution < 1.29 is 23.5 Å². The Balaban J connectivity index is 1.98. The fourth-order valence-corrected chi connectivity index (χ4v) is 2.44. The van der Waals surface area contributed by atoms with Gasteiger partial charge in [0, 0.05) is 5.69 Å². The van der Waals surface area contributed by atoms with Crippen molar-refractivity contribution in [3.05, 3.63) is 57.8 Å². The lowest BCUT2D eigenvalue weighted by molar-refractivity contribution is -0.118. The molecule has 2 rings (SSSR count). The number of amides is 1. The minimum atomic E-state index is -0.444. The molecule has 0 heterocycles. The minimum Gasteiger partial charge on any atom is -0.483 e. The van der Waals surface area contributed by atoms with E-state index in [4.69, 9.17) is 4.74 Å². The van der Waals surface area contributed by atoms with Gasteiger partial charge in [0.1, 0.15) is 11.6 Å². The molecule has 0 radical (unpaired) electrons. The third kappa shape index (κ3) is 4.55. The number of hydrogen-bond donors (Lipinski definition) is 1. The standard InChI is InChI=1S/C17H15BrFNO4/c1-10-7-11(17(22)23-2)3-5-14(10)20-16(21)9-24-15-6-4-12(19)8-13(15)18/h3-8H,9H2,1-2H3,(H,20,21). The number of hydrogen-bond acceptors (Lipinski definition) is 4. The van der Waals surface area contributed by atoms with Crippen LogP contribution in [0.4, 0.5) is 10.1 Å². The van der Waals surface area contributed by atoms with Crippen LogP contribution in [0, 0.1) is 12.7 Å². The number of nitrogens with one attached hydrogen (secondary N) is 1. The molecule has 5 nitrogen and oxygen atoms in total. The predicted octanol–water partition coefficient (Wildman–Crippen LogP) is 3.70. The summed E-state index contributed by atoms with van der Waals surface area (Å²) >= 11 is 3.16. The second kappa shape index (κ2) is 7.92. The number of anilines is 1. The molecule has 0 saturated heterocycles. The van der Waals surface area contributed by atoms with E-state index in [1.807, 2.05) is 0 Å². The molecule has 7 heteroatoms. The Morgan fingerprint density at radius 3 is 2.58 bits per heavy atom. The number of benzene rings is 2. The van der Waals surface area contributed by atoms with Gasteiger partial charge in [-0.1, -0.05) is 0 Å². The van der Waals surface area contributed by atoms with Crippen LogP contribution in [0.15, 0.2) is 40.9 Å². The molecule has 126 valence electrons. The molecular formula is C17H15BrFNO4. The first kappa shape index (κ1) is 17.9. The van der Waals surface area contributed by atoms with Gasteiger partial charge < -0.3 is 14.8 Å². The summed E-state index contributed by atoms with van der Waals surface area (Å²) in [4.78, 5) is 23.4. The van der Waals surface area contributed by atoms with Crippen LogP contribution in [-0.4, -0.2) is 25.6 Å². The fraction of sp³-hybridized carbons (Fsp3) is 0.176. The molecule has 0 spiro atoms. The summed E-state index contributed by atoms with van der Waals surface area (Å²) in [5, 5.41) is 2.69. The molecule has 0 atom stereocenters. The molecule has 0 aliphatic rings. The lowest BCUT2D eigenvalue weighted by atomic mass is 10.1. The molecule has 0 aliphatic heterocycles. The van der Waals surface area contributed by atoms with Crippen LogP contribution in [0.3, 0.4) is 0 Å². The van der Waals surface area contributed by atoms with Crippen molar-refractivity contribution in [3.8, 4) is 5.75 Å². The molecule has 0 fully saturated rings. The topological polar surface area (TPSA) is 64.6 Å². The van der Waals surface area contributed by atoms with Gasteiger partial charge in [-0.2, -0.15) is 0 Å². The van der Waals surface area contributed by atoms with E-state index in [1.54, 1.807) is 25.1 Å². The summed E-state index contributed by atoms with van der Waals surface area (Å²) in [5.41, 5.74) is 1.68. The molecule has 0 saturated carbocycles. The highest BCUT2D eigenvalue weighted by Gasteiger charge is 2.11. The zero-order chi connectivity index (χ0) is 17.7. The van der Waals surface area contributed by atoms with Crippen molar-refractivity contribution in [2.24, 2.45) is 0 Å². The molecule has 2 aromatic carbocycles. The number of rotatable bonds is 5. The van der Waals surface area contributed by atoms with Gasteiger partial charge >= 0.3 is 5.97 Å². The van der Waals surface area contributed by atoms with E-state index in [-0.39, 0.29) is 12.5 Å². The van der Waals surface area contributed by atoms with E-state index < -0.39 is 11.8 Å². The molecule has 2 aromatic rings. The van der Waals surface area contributed by atoms with Crippen LogP contribution in [-0.2, 0) is 9.53 Å². The Hall–Kier alpha value is -2.41. The van der Waals surface area contributed by atoms with Crippen molar-refractivity contribution in [1.29, 1.82) is 0 Å². The van der Waals surface area contributed by atoms with Crippen molar-refractivity contribution in [2.45, 2.75) is 6.92 Å². The number of carbonyl (C=O) groups excluding carboxylic acids is 2. The number of aryl methyl sites for hydroxylation is 1. The first-order valence-corrected chi connectivity index (χ1v) is 7.76. The molecule has 24 heavy (non-hydrogen) atoms. The summed E-state index contributed by atoms with van der Waals surface area (Å²) in [7, 11) is 1.30. The predicted molar refractivity (Wildman–Crippen MR) is 90.7 cm³/mol. The normalized spacial score (nSPS) is 10.2. The quantitative estimate of drug-likeness (QED) is 0.783. The summed E-state index contributed by atoms with van der Waals surface area (Å²) in [5.74, 6) is -0.857. The zero-order valence-corrected chi connectivity index (χ0v) is 14.6. The molecule has 1 amide bonds. The van der Waals surface area contributed by atoms with Crippen LogP contribution in [0.25, 0.3) is 0 Å². The number of ether oxygens (including phenoxy) is 2. The Bertz CT molecular complexity index is 779. The highest BCUT2D eigenvalue weighted by molar-refractivity contribution is 9.10. The van der Waals surface area contributed by atoms with Gasteiger partial charge in [0.15, 0.2) is 6.61 Å². The maximum atomic E-state index is 13.0. The van der Waals surface area contributed by atoms with Gasteiger partial charge in [-0.25, -0.2) is 9.18 Å². The second-order valence-corrected chi connectivity index (χ2v) is 5.79. The molecule has 0 aromatic heterocycles. The molecule has 1 N–H and O–H groups in total. The highest BCUT2D eigenvalue weighted by Crippen LogP contribution is 2.25. The summed E-state index contributed by atoms with van der Waals surface area (Å²) in [6.07, 6.45) is 0. The van der Waals surface area contributed by atoms with Crippen molar-refractivity contribution in [3.63, 3.8) is 0 Å². The highest BCUT2D eigenvalue weighted by atomic mass is 79.9. The van der Waals surface area contributed by atoms with Crippen LogP contribution in [0.2, 0.25) is 0 Å². The minimum absolute atomic E-state index is 0.234. The van der Waals surface area contributed by atoms with Crippen LogP contribution < -0.4 is 10.1 Å². The molecule has 0 aliphatic carbocycles. The van der Waals surface area contributed by atoms with Gasteiger partial charge in [-0.3, -0.25) is 4.79 Å². The largest absolute Gasteiger partial charge is 0.483 e. The number of methoxy groups -OCH3 is 1. The molecular weight excluding hydrogens is 381 g/mol. The van der Waals surface area contributed by atoms with E-state index >= 15 is 0 Å². The SMILES string of the molecule is COC(=O)c1ccc(NC(=O)COc2ccc(F)cc2Br)c(C)c1. The first-order chi connectivity index (χ1) is 11.4. The third-order valence-corrected chi connectivity index (χ3v) is 3.79. The number of esters is 1. The fourth-order valence-electron chi connectivity index (χ4n) is 1.97. The maximum Gasteiger partial charge on any atom is 0.337 e. The monoisotopic (exact) mass is 395 g/mol.